The van der Waals surface area contributed by atoms with Gasteiger partial charge < -0.3 is 9.72 Å². The molecule has 3 rings (SSSR count). The Balaban J connectivity index is 2.06. The Hall–Kier alpha value is -1.84. The maximum atomic E-state index is 11.4. The molecule has 0 atom stereocenters. The van der Waals surface area contributed by atoms with E-state index in [4.69, 9.17) is 0 Å². The average Bonchev–Trinajstić information content (AvgIpc) is 3.07. The van der Waals surface area contributed by atoms with E-state index >= 15 is 0 Å². The highest BCUT2D eigenvalue weighted by Crippen LogP contribution is 2.40. The molecule has 0 radical (unpaired) electrons. The maximum Gasteiger partial charge on any atom is 0.271 e. The summed E-state index contributed by atoms with van der Waals surface area (Å²) >= 11 is 0. The number of pyridine rings is 1. The van der Waals surface area contributed by atoms with Crippen LogP contribution in [0.5, 0.6) is 0 Å². The minimum absolute atomic E-state index is 0.142. The molecule has 0 saturated heterocycles. The summed E-state index contributed by atoms with van der Waals surface area (Å²) in [6.07, 6.45) is 6.28. The van der Waals surface area contributed by atoms with Gasteiger partial charge in [0.1, 0.15) is 11.3 Å². The average molecular weight is 215 g/mol. The molecule has 1 N–H and O–H groups in total. The van der Waals surface area contributed by atoms with Gasteiger partial charge in [0.2, 0.25) is 0 Å². The van der Waals surface area contributed by atoms with Gasteiger partial charge in [-0.05, 0) is 36.5 Å². The summed E-state index contributed by atoms with van der Waals surface area (Å²) < 4.78 is 1.89. The third-order valence-electron chi connectivity index (χ3n) is 2.99. The molecule has 0 unspecified atom stereocenters. The Morgan fingerprint density at radius 3 is 3.06 bits per heavy atom. The molecular formula is C12H13N3O. The number of hydrogen-bond acceptors (Lipinski definition) is 2. The van der Waals surface area contributed by atoms with Gasteiger partial charge in [0.05, 0.1) is 0 Å². The van der Waals surface area contributed by atoms with E-state index in [1.807, 2.05) is 10.6 Å². The van der Waals surface area contributed by atoms with Crippen molar-refractivity contribution in [3.63, 3.8) is 0 Å². The van der Waals surface area contributed by atoms with Gasteiger partial charge in [-0.1, -0.05) is 0 Å². The van der Waals surface area contributed by atoms with Crippen LogP contribution in [0.3, 0.4) is 0 Å². The normalized spacial score (nSPS) is 15.3. The van der Waals surface area contributed by atoms with Gasteiger partial charge in [0.25, 0.3) is 5.91 Å². The fourth-order valence-corrected chi connectivity index (χ4v) is 1.91. The predicted molar refractivity (Wildman–Crippen MR) is 60.6 cm³/mol. The van der Waals surface area contributed by atoms with Crippen LogP contribution in [0.25, 0.3) is 5.65 Å². The molecule has 1 aliphatic rings. The largest absolute Gasteiger partial charge is 0.354 e. The number of rotatable bonds is 2. The zero-order valence-electron chi connectivity index (χ0n) is 9.10. The molecular weight excluding hydrogens is 202 g/mol. The molecule has 0 aliphatic heterocycles. The van der Waals surface area contributed by atoms with E-state index in [0.29, 0.717) is 11.6 Å². The van der Waals surface area contributed by atoms with E-state index < -0.39 is 0 Å². The number of carbonyl (C=O) groups excluding carboxylic acids is 1. The van der Waals surface area contributed by atoms with Gasteiger partial charge in [-0.25, -0.2) is 4.98 Å². The van der Waals surface area contributed by atoms with Crippen molar-refractivity contribution in [2.45, 2.75) is 18.8 Å². The van der Waals surface area contributed by atoms with Gasteiger partial charge in [-0.15, -0.1) is 0 Å². The number of carbonyl (C=O) groups is 1. The second-order valence-electron chi connectivity index (χ2n) is 4.21. The van der Waals surface area contributed by atoms with Crippen LogP contribution >= 0.6 is 0 Å². The number of aromatic nitrogens is 2. The maximum absolute atomic E-state index is 11.4. The van der Waals surface area contributed by atoms with Crippen LogP contribution in [-0.2, 0) is 0 Å². The van der Waals surface area contributed by atoms with Crippen molar-refractivity contribution in [2.75, 3.05) is 7.05 Å². The summed E-state index contributed by atoms with van der Waals surface area (Å²) in [4.78, 5) is 15.7. The van der Waals surface area contributed by atoms with Crippen molar-refractivity contribution in [1.29, 1.82) is 0 Å². The summed E-state index contributed by atoms with van der Waals surface area (Å²) in [5, 5.41) is 2.58. The second-order valence-corrected chi connectivity index (χ2v) is 4.21. The molecule has 1 saturated carbocycles. The first-order valence-corrected chi connectivity index (χ1v) is 5.48. The molecule has 2 heterocycles. The monoisotopic (exact) mass is 215 g/mol. The van der Waals surface area contributed by atoms with Crippen molar-refractivity contribution in [1.82, 2.24) is 14.7 Å². The minimum Gasteiger partial charge on any atom is -0.354 e. The van der Waals surface area contributed by atoms with E-state index in [1.165, 1.54) is 18.4 Å². The zero-order chi connectivity index (χ0) is 11.1. The number of hydrogen-bond donors (Lipinski definition) is 1. The van der Waals surface area contributed by atoms with E-state index in [-0.39, 0.29) is 5.91 Å². The molecule has 82 valence electrons. The Morgan fingerprint density at radius 2 is 2.38 bits per heavy atom. The topological polar surface area (TPSA) is 46.4 Å². The van der Waals surface area contributed by atoms with Crippen molar-refractivity contribution < 1.29 is 4.79 Å². The molecule has 16 heavy (non-hydrogen) atoms. The van der Waals surface area contributed by atoms with E-state index in [0.717, 1.165) is 5.65 Å². The molecule has 2 aromatic heterocycles. The molecule has 0 aromatic carbocycles. The Bertz CT molecular complexity index is 554. The first-order chi connectivity index (χ1) is 7.78. The summed E-state index contributed by atoms with van der Waals surface area (Å²) in [5.41, 5.74) is 2.65. The fourth-order valence-electron chi connectivity index (χ4n) is 1.91. The van der Waals surface area contributed by atoms with Gasteiger partial charge in [-0.3, -0.25) is 4.79 Å². The third kappa shape index (κ3) is 1.46. The lowest BCUT2D eigenvalue weighted by Gasteiger charge is -1.97. The SMILES string of the molecule is CNC(=O)c1cn2ccc(C3CC3)cc2n1. The molecule has 1 aliphatic carbocycles. The lowest BCUT2D eigenvalue weighted by molar-refractivity contribution is 0.0959. The molecule has 4 heteroatoms. The highest BCUT2D eigenvalue weighted by Gasteiger charge is 2.23. The molecule has 2 aromatic rings. The summed E-state index contributed by atoms with van der Waals surface area (Å²) in [5.74, 6) is 0.571. The highest BCUT2D eigenvalue weighted by molar-refractivity contribution is 5.92. The molecule has 0 spiro atoms. The standard InChI is InChI=1S/C12H13N3O/c1-13-12(16)10-7-15-5-4-9(8-2-3-8)6-11(15)14-10/h4-8H,2-3H2,1H3,(H,13,16). The molecule has 1 amide bonds. The summed E-state index contributed by atoms with van der Waals surface area (Å²) in [7, 11) is 1.61. The predicted octanol–water partition coefficient (Wildman–Crippen LogP) is 1.57. The van der Waals surface area contributed by atoms with Gasteiger partial charge >= 0.3 is 0 Å². The number of fused-ring (bicyclic) bond motifs is 1. The van der Waals surface area contributed by atoms with Crippen LogP contribution in [0, 0.1) is 0 Å². The molecule has 0 bridgehead atoms. The number of imidazole rings is 1. The van der Waals surface area contributed by atoms with Crippen molar-refractivity contribution in [3.8, 4) is 0 Å². The lowest BCUT2D eigenvalue weighted by Crippen LogP contribution is -2.17. The lowest BCUT2D eigenvalue weighted by atomic mass is 10.2. The van der Waals surface area contributed by atoms with E-state index in [1.54, 1.807) is 13.2 Å². The first-order valence-electron chi connectivity index (χ1n) is 5.48. The fraction of sp³-hybridized carbons (Fsp3) is 0.333. The summed E-state index contributed by atoms with van der Waals surface area (Å²) in [6.45, 7) is 0. The second kappa shape index (κ2) is 3.33. The van der Waals surface area contributed by atoms with Crippen molar-refractivity contribution in [3.05, 3.63) is 35.8 Å². The van der Waals surface area contributed by atoms with Crippen LogP contribution < -0.4 is 5.32 Å². The zero-order valence-corrected chi connectivity index (χ0v) is 9.10. The van der Waals surface area contributed by atoms with Crippen LogP contribution in [-0.4, -0.2) is 22.3 Å². The van der Waals surface area contributed by atoms with Gasteiger partial charge in [-0.2, -0.15) is 0 Å². The minimum atomic E-state index is -0.142. The Labute approximate surface area is 93.3 Å². The number of nitrogens with one attached hydrogen (secondary N) is 1. The smallest absolute Gasteiger partial charge is 0.271 e. The highest BCUT2D eigenvalue weighted by atomic mass is 16.1. The number of amides is 1. The Morgan fingerprint density at radius 1 is 1.56 bits per heavy atom. The van der Waals surface area contributed by atoms with Crippen LogP contribution in [0.2, 0.25) is 0 Å². The van der Waals surface area contributed by atoms with Crippen LogP contribution in [0.1, 0.15) is 34.8 Å². The van der Waals surface area contributed by atoms with Crippen molar-refractivity contribution >= 4 is 11.6 Å². The third-order valence-corrected chi connectivity index (χ3v) is 2.99. The van der Waals surface area contributed by atoms with E-state index in [2.05, 4.69) is 22.4 Å². The van der Waals surface area contributed by atoms with Crippen LogP contribution in [0.4, 0.5) is 0 Å². The molecule has 4 nitrogen and oxygen atoms in total. The van der Waals surface area contributed by atoms with E-state index in [9.17, 15) is 4.79 Å². The number of nitrogens with zero attached hydrogens (tertiary/aromatic N) is 2. The van der Waals surface area contributed by atoms with Crippen LogP contribution in [0.15, 0.2) is 24.5 Å². The van der Waals surface area contributed by atoms with Crippen molar-refractivity contribution in [2.24, 2.45) is 0 Å². The first kappa shape index (κ1) is 9.39. The molecule has 1 fully saturated rings. The van der Waals surface area contributed by atoms with Gasteiger partial charge in [0, 0.05) is 19.4 Å². The quantitative estimate of drug-likeness (QED) is 0.826. The summed E-state index contributed by atoms with van der Waals surface area (Å²) in [6, 6.07) is 4.18. The van der Waals surface area contributed by atoms with Gasteiger partial charge in [0.15, 0.2) is 0 Å². The Kier molecular flexibility index (Phi) is 1.96.